The molecular formula is C13H18Br2N2. The zero-order valence-electron chi connectivity index (χ0n) is 10.00. The Morgan fingerprint density at radius 3 is 2.71 bits per heavy atom. The van der Waals surface area contributed by atoms with Gasteiger partial charge in [-0.3, -0.25) is 4.90 Å². The molecule has 2 N–H and O–H groups in total. The van der Waals surface area contributed by atoms with Gasteiger partial charge in [-0.2, -0.15) is 0 Å². The number of nitrogens with two attached hydrogens (primary N) is 1. The van der Waals surface area contributed by atoms with Crippen LogP contribution in [0.1, 0.15) is 30.9 Å². The van der Waals surface area contributed by atoms with Crippen molar-refractivity contribution < 1.29 is 0 Å². The van der Waals surface area contributed by atoms with Crippen LogP contribution in [0.3, 0.4) is 0 Å². The molecule has 0 aromatic heterocycles. The van der Waals surface area contributed by atoms with Gasteiger partial charge in [0.1, 0.15) is 0 Å². The molecule has 4 heteroatoms. The number of likely N-dealkylation sites (tertiary alicyclic amines) is 1. The van der Waals surface area contributed by atoms with Crippen LogP contribution >= 0.6 is 31.9 Å². The molecular weight excluding hydrogens is 344 g/mol. The monoisotopic (exact) mass is 360 g/mol. The van der Waals surface area contributed by atoms with E-state index in [0.717, 1.165) is 21.9 Å². The summed E-state index contributed by atoms with van der Waals surface area (Å²) in [6, 6.07) is 7.00. The van der Waals surface area contributed by atoms with Crippen LogP contribution in [-0.4, -0.2) is 24.5 Å². The van der Waals surface area contributed by atoms with E-state index in [2.05, 4.69) is 62.0 Å². The first-order valence-electron chi connectivity index (χ1n) is 6.00. The lowest BCUT2D eigenvalue weighted by Crippen LogP contribution is -2.37. The van der Waals surface area contributed by atoms with Crippen LogP contribution in [0.5, 0.6) is 0 Å². The van der Waals surface area contributed by atoms with Gasteiger partial charge in [0.05, 0.1) is 0 Å². The van der Waals surface area contributed by atoms with Gasteiger partial charge in [-0.05, 0) is 76.0 Å². The smallest absolute Gasteiger partial charge is 0.0496 e. The minimum atomic E-state index is 0.232. The van der Waals surface area contributed by atoms with Crippen LogP contribution in [0.4, 0.5) is 0 Å². The molecule has 2 nitrogen and oxygen atoms in total. The number of nitrogens with zero attached hydrogens (tertiary/aromatic N) is 1. The Balaban J connectivity index is 2.31. The van der Waals surface area contributed by atoms with Gasteiger partial charge in [0.25, 0.3) is 0 Å². The normalized spacial score (nSPS) is 26.8. The number of hydrogen-bond acceptors (Lipinski definition) is 2. The molecule has 1 aliphatic rings. The summed E-state index contributed by atoms with van der Waals surface area (Å²) in [4.78, 5) is 2.38. The highest BCUT2D eigenvalue weighted by molar-refractivity contribution is 9.13. The predicted molar refractivity (Wildman–Crippen MR) is 79.0 cm³/mol. The lowest BCUT2D eigenvalue weighted by molar-refractivity contribution is 0.230. The van der Waals surface area contributed by atoms with Crippen molar-refractivity contribution in [2.24, 2.45) is 5.73 Å². The summed E-state index contributed by atoms with van der Waals surface area (Å²) in [7, 11) is 2.17. The molecule has 17 heavy (non-hydrogen) atoms. The molecule has 1 aromatic carbocycles. The molecule has 94 valence electrons. The second-order valence-corrected chi connectivity index (χ2v) is 6.47. The molecule has 2 rings (SSSR count). The van der Waals surface area contributed by atoms with E-state index in [1.807, 2.05) is 0 Å². The summed E-state index contributed by atoms with van der Waals surface area (Å²) in [6.07, 6.45) is 3.60. The molecule has 0 radical (unpaired) electrons. The van der Waals surface area contributed by atoms with Crippen LogP contribution in [0.15, 0.2) is 27.1 Å². The third-order valence-electron chi connectivity index (χ3n) is 3.46. The van der Waals surface area contributed by atoms with Gasteiger partial charge < -0.3 is 5.73 Å². The number of halogens is 2. The molecule has 2 atom stereocenters. The fourth-order valence-electron chi connectivity index (χ4n) is 2.56. The standard InChI is InChI=1S/C13H18Br2N2/c1-17-7-3-2-4-12(16)13(17)9-5-6-10(14)11(15)8-9/h5-6,8,12-13H,2-4,7,16H2,1H3. The topological polar surface area (TPSA) is 29.3 Å². The fraction of sp³-hybridized carbons (Fsp3) is 0.538. The van der Waals surface area contributed by atoms with E-state index >= 15 is 0 Å². The maximum absolute atomic E-state index is 6.32. The fourth-order valence-corrected chi connectivity index (χ4v) is 3.21. The number of rotatable bonds is 1. The van der Waals surface area contributed by atoms with Crippen molar-refractivity contribution in [3.8, 4) is 0 Å². The summed E-state index contributed by atoms with van der Waals surface area (Å²) in [5.74, 6) is 0. The van der Waals surface area contributed by atoms with E-state index in [-0.39, 0.29) is 6.04 Å². The van der Waals surface area contributed by atoms with Crippen molar-refractivity contribution in [1.82, 2.24) is 4.90 Å². The summed E-state index contributed by atoms with van der Waals surface area (Å²) in [6.45, 7) is 1.13. The molecule has 0 amide bonds. The molecule has 0 bridgehead atoms. The first-order chi connectivity index (χ1) is 8.09. The van der Waals surface area contributed by atoms with Crippen molar-refractivity contribution in [1.29, 1.82) is 0 Å². The maximum atomic E-state index is 6.32. The summed E-state index contributed by atoms with van der Waals surface area (Å²) >= 11 is 7.07. The number of likely N-dealkylation sites (N-methyl/N-ethyl adjacent to an activating group) is 1. The van der Waals surface area contributed by atoms with E-state index in [1.54, 1.807) is 0 Å². The lowest BCUT2D eigenvalue weighted by Gasteiger charge is -2.30. The third kappa shape index (κ3) is 3.11. The SMILES string of the molecule is CN1CCCCC(N)C1c1ccc(Br)c(Br)c1. The zero-order chi connectivity index (χ0) is 12.4. The first kappa shape index (κ1) is 13.5. The summed E-state index contributed by atoms with van der Waals surface area (Å²) < 4.78 is 2.19. The van der Waals surface area contributed by atoms with Gasteiger partial charge in [0.2, 0.25) is 0 Å². The Morgan fingerprint density at radius 1 is 1.24 bits per heavy atom. The minimum Gasteiger partial charge on any atom is -0.326 e. The van der Waals surface area contributed by atoms with Crippen LogP contribution < -0.4 is 5.73 Å². The number of benzene rings is 1. The molecule has 1 heterocycles. The molecule has 0 saturated carbocycles. The Kier molecular flexibility index (Phi) is 4.64. The second kappa shape index (κ2) is 5.83. The average molecular weight is 362 g/mol. The van der Waals surface area contributed by atoms with E-state index in [1.165, 1.54) is 18.4 Å². The maximum Gasteiger partial charge on any atom is 0.0496 e. The Hall–Kier alpha value is 0.1000. The molecule has 1 aromatic rings. The largest absolute Gasteiger partial charge is 0.326 e. The van der Waals surface area contributed by atoms with E-state index in [9.17, 15) is 0 Å². The Bertz CT molecular complexity index is 383. The molecule has 2 unspecified atom stereocenters. The Labute approximate surface area is 120 Å². The van der Waals surface area contributed by atoms with Crippen molar-refractivity contribution in [2.75, 3.05) is 13.6 Å². The zero-order valence-corrected chi connectivity index (χ0v) is 13.2. The highest BCUT2D eigenvalue weighted by Crippen LogP contribution is 2.32. The third-order valence-corrected chi connectivity index (χ3v) is 5.34. The Morgan fingerprint density at radius 2 is 2.00 bits per heavy atom. The molecule has 1 saturated heterocycles. The van der Waals surface area contributed by atoms with E-state index < -0.39 is 0 Å². The first-order valence-corrected chi connectivity index (χ1v) is 7.59. The van der Waals surface area contributed by atoms with Gasteiger partial charge in [0.15, 0.2) is 0 Å². The molecule has 0 spiro atoms. The van der Waals surface area contributed by atoms with E-state index in [4.69, 9.17) is 5.73 Å². The van der Waals surface area contributed by atoms with Crippen molar-refractivity contribution in [3.63, 3.8) is 0 Å². The van der Waals surface area contributed by atoms with Crippen molar-refractivity contribution >= 4 is 31.9 Å². The van der Waals surface area contributed by atoms with Crippen molar-refractivity contribution in [2.45, 2.75) is 31.3 Å². The van der Waals surface area contributed by atoms with Crippen LogP contribution in [0.25, 0.3) is 0 Å². The van der Waals surface area contributed by atoms with Crippen LogP contribution in [-0.2, 0) is 0 Å². The van der Waals surface area contributed by atoms with Crippen molar-refractivity contribution in [3.05, 3.63) is 32.7 Å². The van der Waals surface area contributed by atoms with Gasteiger partial charge >= 0.3 is 0 Å². The van der Waals surface area contributed by atoms with Gasteiger partial charge in [-0.25, -0.2) is 0 Å². The van der Waals surface area contributed by atoms with Crippen LogP contribution in [0.2, 0.25) is 0 Å². The second-order valence-electron chi connectivity index (χ2n) is 4.76. The number of hydrogen-bond donors (Lipinski definition) is 1. The average Bonchev–Trinajstić information content (AvgIpc) is 2.45. The highest BCUT2D eigenvalue weighted by Gasteiger charge is 2.26. The summed E-state index contributed by atoms with van der Waals surface area (Å²) in [5, 5.41) is 0. The minimum absolute atomic E-state index is 0.232. The van der Waals surface area contributed by atoms with Gasteiger partial charge in [0, 0.05) is 21.0 Å². The highest BCUT2D eigenvalue weighted by atomic mass is 79.9. The lowest BCUT2D eigenvalue weighted by atomic mass is 9.97. The van der Waals surface area contributed by atoms with Gasteiger partial charge in [-0.1, -0.05) is 12.5 Å². The van der Waals surface area contributed by atoms with Crippen LogP contribution in [0, 0.1) is 0 Å². The molecule has 1 aliphatic heterocycles. The van der Waals surface area contributed by atoms with Gasteiger partial charge in [-0.15, -0.1) is 0 Å². The molecule has 1 fully saturated rings. The quantitative estimate of drug-likeness (QED) is 0.826. The van der Waals surface area contributed by atoms with E-state index in [0.29, 0.717) is 6.04 Å². The molecule has 0 aliphatic carbocycles. The summed E-state index contributed by atoms with van der Waals surface area (Å²) in [5.41, 5.74) is 7.62. The predicted octanol–water partition coefficient (Wildman–Crippen LogP) is 3.70.